The summed E-state index contributed by atoms with van der Waals surface area (Å²) in [6.45, 7) is 9.26. The van der Waals surface area contributed by atoms with Crippen LogP contribution in [0, 0.1) is 0 Å². The molecule has 1 atom stereocenters. The second-order valence-electron chi connectivity index (χ2n) is 6.25. The number of rotatable bonds is 8. The predicted molar refractivity (Wildman–Crippen MR) is 94.7 cm³/mol. The van der Waals surface area contributed by atoms with Gasteiger partial charge in [0, 0.05) is 6.42 Å². The summed E-state index contributed by atoms with van der Waals surface area (Å²) in [6, 6.07) is 6.55. The van der Waals surface area contributed by atoms with Gasteiger partial charge in [0.15, 0.2) is 5.78 Å². The molecule has 1 amide bonds. The van der Waals surface area contributed by atoms with Crippen LogP contribution in [0.5, 0.6) is 5.75 Å². The number of halogens is 1. The second-order valence-corrected chi connectivity index (χ2v) is 6.52. The van der Waals surface area contributed by atoms with Crippen LogP contribution in [0.4, 0.5) is 4.79 Å². The first-order chi connectivity index (χ1) is 11.2. The van der Waals surface area contributed by atoms with Gasteiger partial charge in [-0.1, -0.05) is 24.8 Å². The largest absolute Gasteiger partial charge is 0.490 e. The molecule has 0 aromatic heterocycles. The lowest BCUT2D eigenvalue weighted by Crippen LogP contribution is -2.45. The lowest BCUT2D eigenvalue weighted by molar-refractivity contribution is -0.118. The monoisotopic (exact) mass is 353 g/mol. The summed E-state index contributed by atoms with van der Waals surface area (Å²) in [6.07, 6.45) is 1.30. The molecule has 0 heterocycles. The third-order valence-electron chi connectivity index (χ3n) is 2.92. The summed E-state index contributed by atoms with van der Waals surface area (Å²) in [5.41, 5.74) is 0.202. The fourth-order valence-corrected chi connectivity index (χ4v) is 2.13. The van der Waals surface area contributed by atoms with Crippen molar-refractivity contribution in [3.05, 3.63) is 42.5 Å². The van der Waals surface area contributed by atoms with Crippen LogP contribution in [-0.4, -0.2) is 36.0 Å². The first kappa shape index (κ1) is 20.0. The van der Waals surface area contributed by atoms with Crippen LogP contribution in [0.25, 0.3) is 0 Å². The van der Waals surface area contributed by atoms with E-state index in [4.69, 9.17) is 21.1 Å². The molecule has 0 aliphatic heterocycles. The molecule has 0 saturated heterocycles. The van der Waals surface area contributed by atoms with Crippen molar-refractivity contribution in [3.8, 4) is 5.75 Å². The number of ether oxygens (including phenoxy) is 2. The Balaban J connectivity index is 2.81. The van der Waals surface area contributed by atoms with Crippen molar-refractivity contribution < 1.29 is 19.1 Å². The molecule has 24 heavy (non-hydrogen) atoms. The molecular weight excluding hydrogens is 330 g/mol. The number of alkyl carbamates (subject to hydrolysis) is 1. The highest BCUT2D eigenvalue weighted by Gasteiger charge is 2.24. The minimum absolute atomic E-state index is 0.187. The summed E-state index contributed by atoms with van der Waals surface area (Å²) in [5.74, 6) is 0.203. The summed E-state index contributed by atoms with van der Waals surface area (Å²) in [4.78, 5) is 24.0. The lowest BCUT2D eigenvalue weighted by Gasteiger charge is -2.23. The number of hydrogen-bond acceptors (Lipinski definition) is 4. The molecule has 0 radical (unpaired) electrons. The van der Waals surface area contributed by atoms with Crippen molar-refractivity contribution in [2.75, 3.05) is 12.5 Å². The number of Topliss-reactive ketones (excluding diaryl/α,β-unsaturated/α-hetero) is 1. The Kier molecular flexibility index (Phi) is 7.79. The van der Waals surface area contributed by atoms with E-state index in [0.717, 1.165) is 5.56 Å². The molecule has 5 nitrogen and oxygen atoms in total. The molecule has 1 unspecified atom stereocenters. The predicted octanol–water partition coefficient (Wildman–Crippen LogP) is 3.50. The molecule has 0 spiro atoms. The van der Waals surface area contributed by atoms with Gasteiger partial charge in [0.05, 0.1) is 11.9 Å². The molecule has 1 rings (SSSR count). The molecule has 6 heteroatoms. The van der Waals surface area contributed by atoms with Crippen LogP contribution in [-0.2, 0) is 16.0 Å². The van der Waals surface area contributed by atoms with Crippen molar-refractivity contribution >= 4 is 23.5 Å². The summed E-state index contributed by atoms with van der Waals surface area (Å²) in [7, 11) is 0. The van der Waals surface area contributed by atoms with Gasteiger partial charge >= 0.3 is 6.09 Å². The van der Waals surface area contributed by atoms with E-state index in [0.29, 0.717) is 18.8 Å². The van der Waals surface area contributed by atoms with Crippen LogP contribution >= 0.6 is 11.6 Å². The summed E-state index contributed by atoms with van der Waals surface area (Å²) < 4.78 is 10.7. The Hall–Kier alpha value is -2.01. The normalized spacial score (nSPS) is 12.2. The van der Waals surface area contributed by atoms with E-state index in [-0.39, 0.29) is 11.7 Å². The van der Waals surface area contributed by atoms with Gasteiger partial charge in [0.25, 0.3) is 0 Å². The minimum Gasteiger partial charge on any atom is -0.490 e. The van der Waals surface area contributed by atoms with Crippen LogP contribution in [0.15, 0.2) is 36.9 Å². The first-order valence-electron chi connectivity index (χ1n) is 7.66. The summed E-state index contributed by atoms with van der Waals surface area (Å²) >= 11 is 5.65. The topological polar surface area (TPSA) is 64.6 Å². The van der Waals surface area contributed by atoms with Crippen molar-refractivity contribution in [2.24, 2.45) is 0 Å². The van der Waals surface area contributed by atoms with E-state index in [9.17, 15) is 9.59 Å². The number of amides is 1. The lowest BCUT2D eigenvalue weighted by atomic mass is 10.0. The molecule has 0 aliphatic rings. The van der Waals surface area contributed by atoms with Gasteiger partial charge in [-0.25, -0.2) is 4.79 Å². The second kappa shape index (κ2) is 9.33. The smallest absolute Gasteiger partial charge is 0.408 e. The van der Waals surface area contributed by atoms with Crippen LogP contribution in [0.1, 0.15) is 26.3 Å². The molecule has 1 aromatic rings. The zero-order valence-electron chi connectivity index (χ0n) is 14.3. The number of alkyl halides is 1. The number of ketones is 1. The number of carbonyl (C=O) groups is 2. The Morgan fingerprint density at radius 2 is 2.08 bits per heavy atom. The zero-order valence-corrected chi connectivity index (χ0v) is 15.1. The number of benzene rings is 1. The highest BCUT2D eigenvalue weighted by atomic mass is 35.5. The van der Waals surface area contributed by atoms with Crippen molar-refractivity contribution in [2.45, 2.75) is 38.8 Å². The quantitative estimate of drug-likeness (QED) is 0.574. The highest BCUT2D eigenvalue weighted by Crippen LogP contribution is 2.16. The maximum Gasteiger partial charge on any atom is 0.408 e. The van der Waals surface area contributed by atoms with Gasteiger partial charge in [0.2, 0.25) is 0 Å². The maximum absolute atomic E-state index is 12.0. The molecule has 0 saturated carbocycles. The average molecular weight is 354 g/mol. The Morgan fingerprint density at radius 3 is 2.67 bits per heavy atom. The van der Waals surface area contributed by atoms with Gasteiger partial charge in [-0.2, -0.15) is 0 Å². The van der Waals surface area contributed by atoms with E-state index in [2.05, 4.69) is 11.9 Å². The molecular formula is C18H24ClNO4. The van der Waals surface area contributed by atoms with Gasteiger partial charge in [-0.3, -0.25) is 4.79 Å². The molecule has 0 bridgehead atoms. The average Bonchev–Trinajstić information content (AvgIpc) is 2.50. The number of hydrogen-bond donors (Lipinski definition) is 1. The zero-order chi connectivity index (χ0) is 18.2. The van der Waals surface area contributed by atoms with Crippen LogP contribution in [0.3, 0.4) is 0 Å². The van der Waals surface area contributed by atoms with Crippen molar-refractivity contribution in [1.29, 1.82) is 0 Å². The van der Waals surface area contributed by atoms with E-state index in [1.54, 1.807) is 26.8 Å². The SMILES string of the molecule is C=CCOc1cccc(CC(NC(=O)OC(C)(C)C)C(=O)CCl)c1. The molecule has 0 aliphatic carbocycles. The van der Waals surface area contributed by atoms with Crippen molar-refractivity contribution in [3.63, 3.8) is 0 Å². The third-order valence-corrected chi connectivity index (χ3v) is 3.18. The van der Waals surface area contributed by atoms with E-state index >= 15 is 0 Å². The first-order valence-corrected chi connectivity index (χ1v) is 8.19. The minimum atomic E-state index is -0.757. The molecule has 132 valence electrons. The van der Waals surface area contributed by atoms with E-state index in [1.165, 1.54) is 0 Å². The standard InChI is InChI=1S/C18H24ClNO4/c1-5-9-23-14-8-6-7-13(10-14)11-15(16(21)12-19)20-17(22)24-18(2,3)4/h5-8,10,15H,1,9,11-12H2,2-4H3,(H,20,22). The van der Waals surface area contributed by atoms with Gasteiger partial charge < -0.3 is 14.8 Å². The van der Waals surface area contributed by atoms with Crippen LogP contribution < -0.4 is 10.1 Å². The van der Waals surface area contributed by atoms with Gasteiger partial charge in [-0.15, -0.1) is 11.6 Å². The third kappa shape index (κ3) is 7.51. The Morgan fingerprint density at radius 1 is 1.38 bits per heavy atom. The van der Waals surface area contributed by atoms with E-state index in [1.807, 2.05) is 24.3 Å². The van der Waals surface area contributed by atoms with Gasteiger partial charge in [0.1, 0.15) is 18.0 Å². The number of carbonyl (C=O) groups excluding carboxylic acids is 2. The molecule has 0 fully saturated rings. The van der Waals surface area contributed by atoms with Gasteiger partial charge in [-0.05, 0) is 38.5 Å². The van der Waals surface area contributed by atoms with Crippen molar-refractivity contribution in [1.82, 2.24) is 5.32 Å². The highest BCUT2D eigenvalue weighted by molar-refractivity contribution is 6.28. The maximum atomic E-state index is 12.0. The number of nitrogens with one attached hydrogen (secondary N) is 1. The fraction of sp³-hybridized carbons (Fsp3) is 0.444. The van der Waals surface area contributed by atoms with E-state index < -0.39 is 17.7 Å². The molecule has 1 aromatic carbocycles. The fourth-order valence-electron chi connectivity index (χ4n) is 1.94. The Labute approximate surface area is 148 Å². The Bertz CT molecular complexity index is 581. The summed E-state index contributed by atoms with van der Waals surface area (Å²) in [5, 5.41) is 2.58. The van der Waals surface area contributed by atoms with Crippen LogP contribution in [0.2, 0.25) is 0 Å². The molecule has 1 N–H and O–H groups in total.